The topological polar surface area (TPSA) is 54.4 Å². The number of Topliss-reactive ketones (excluding diaryl/α,β-unsaturated/α-hetero) is 1. The summed E-state index contributed by atoms with van der Waals surface area (Å²) in [6.07, 6.45) is 5.43. The normalized spacial score (nSPS) is 18.2. The second kappa shape index (κ2) is 6.18. The third-order valence-electron chi connectivity index (χ3n) is 3.82. The molecule has 1 aliphatic carbocycles. The van der Waals surface area contributed by atoms with Crippen LogP contribution in [0.2, 0.25) is 0 Å². The lowest BCUT2D eigenvalue weighted by molar-refractivity contribution is -0.140. The van der Waals surface area contributed by atoms with Gasteiger partial charge in [-0.15, -0.1) is 11.3 Å². The van der Waals surface area contributed by atoms with E-state index in [0.717, 1.165) is 40.8 Å². The summed E-state index contributed by atoms with van der Waals surface area (Å²) in [6.45, 7) is 0. The van der Waals surface area contributed by atoms with Gasteiger partial charge in [-0.05, 0) is 46.3 Å². The van der Waals surface area contributed by atoms with E-state index in [-0.39, 0.29) is 17.6 Å². The standard InChI is InChI=1S/C14H17BrO3S/c15-12-5-4-11(19-12)10(16)8-14(9-13(17)18)6-2-1-3-7-14/h4-5H,1-3,6-9H2,(H,17,18). The largest absolute Gasteiger partial charge is 0.481 e. The molecule has 0 spiro atoms. The molecule has 0 bridgehead atoms. The minimum Gasteiger partial charge on any atom is -0.481 e. The van der Waals surface area contributed by atoms with Crippen LogP contribution in [0.4, 0.5) is 0 Å². The van der Waals surface area contributed by atoms with Gasteiger partial charge in [-0.25, -0.2) is 0 Å². The van der Waals surface area contributed by atoms with Crippen molar-refractivity contribution in [3.8, 4) is 0 Å². The first-order valence-electron chi connectivity index (χ1n) is 6.51. The summed E-state index contributed by atoms with van der Waals surface area (Å²) in [4.78, 5) is 24.1. The molecule has 1 heterocycles. The summed E-state index contributed by atoms with van der Waals surface area (Å²) in [5.41, 5.74) is -0.322. The maximum atomic E-state index is 12.3. The van der Waals surface area contributed by atoms with Gasteiger partial charge in [-0.2, -0.15) is 0 Å². The molecule has 1 N–H and O–H groups in total. The molecule has 19 heavy (non-hydrogen) atoms. The van der Waals surface area contributed by atoms with Crippen molar-refractivity contribution in [2.24, 2.45) is 5.41 Å². The number of ketones is 1. The first-order valence-corrected chi connectivity index (χ1v) is 8.12. The fourth-order valence-corrected chi connectivity index (χ4v) is 4.25. The van der Waals surface area contributed by atoms with Gasteiger partial charge in [-0.3, -0.25) is 9.59 Å². The van der Waals surface area contributed by atoms with E-state index in [2.05, 4.69) is 15.9 Å². The third kappa shape index (κ3) is 3.89. The van der Waals surface area contributed by atoms with E-state index in [1.165, 1.54) is 11.3 Å². The van der Waals surface area contributed by atoms with Crippen molar-refractivity contribution in [1.82, 2.24) is 0 Å². The van der Waals surface area contributed by atoms with E-state index >= 15 is 0 Å². The van der Waals surface area contributed by atoms with Crippen LogP contribution >= 0.6 is 27.3 Å². The molecule has 0 aromatic carbocycles. The molecule has 0 amide bonds. The molecule has 1 fully saturated rings. The minimum absolute atomic E-state index is 0.0823. The highest BCUT2D eigenvalue weighted by molar-refractivity contribution is 9.11. The molecule has 3 nitrogen and oxygen atoms in total. The monoisotopic (exact) mass is 344 g/mol. The van der Waals surface area contributed by atoms with Crippen LogP contribution in [0.15, 0.2) is 15.9 Å². The molecule has 104 valence electrons. The zero-order chi connectivity index (χ0) is 13.9. The summed E-state index contributed by atoms with van der Waals surface area (Å²) in [5, 5.41) is 9.10. The summed E-state index contributed by atoms with van der Waals surface area (Å²) in [5.74, 6) is -0.707. The van der Waals surface area contributed by atoms with Crippen LogP contribution in [0, 0.1) is 5.41 Å². The van der Waals surface area contributed by atoms with Crippen molar-refractivity contribution >= 4 is 39.0 Å². The average Bonchev–Trinajstić information content (AvgIpc) is 2.76. The van der Waals surface area contributed by atoms with Gasteiger partial charge in [0.05, 0.1) is 15.1 Å². The molecule has 0 saturated heterocycles. The molecule has 0 radical (unpaired) electrons. The fraction of sp³-hybridized carbons (Fsp3) is 0.571. The Morgan fingerprint density at radius 1 is 1.21 bits per heavy atom. The van der Waals surface area contributed by atoms with Gasteiger partial charge in [0.2, 0.25) is 0 Å². The maximum Gasteiger partial charge on any atom is 0.303 e. The van der Waals surface area contributed by atoms with E-state index in [4.69, 9.17) is 5.11 Å². The van der Waals surface area contributed by atoms with E-state index in [1.807, 2.05) is 12.1 Å². The molecule has 1 aromatic heterocycles. The minimum atomic E-state index is -0.790. The van der Waals surface area contributed by atoms with Crippen LogP contribution in [0.25, 0.3) is 0 Å². The van der Waals surface area contributed by atoms with Crippen LogP contribution in [0.3, 0.4) is 0 Å². The molecule has 1 aliphatic rings. The number of carbonyl (C=O) groups excluding carboxylic acids is 1. The first-order chi connectivity index (χ1) is 9.01. The molecule has 2 rings (SSSR count). The zero-order valence-corrected chi connectivity index (χ0v) is 13.1. The molecule has 1 saturated carbocycles. The van der Waals surface area contributed by atoms with E-state index in [0.29, 0.717) is 6.42 Å². The van der Waals surface area contributed by atoms with Crippen molar-refractivity contribution in [3.05, 3.63) is 20.8 Å². The predicted octanol–water partition coefficient (Wildman–Crippen LogP) is 4.51. The maximum absolute atomic E-state index is 12.3. The highest BCUT2D eigenvalue weighted by Crippen LogP contribution is 2.43. The second-order valence-electron chi connectivity index (χ2n) is 5.33. The van der Waals surface area contributed by atoms with Crippen LogP contribution in [0.1, 0.15) is 54.6 Å². The van der Waals surface area contributed by atoms with Crippen LogP contribution in [-0.2, 0) is 4.79 Å². The molecule has 0 unspecified atom stereocenters. The SMILES string of the molecule is O=C(O)CC1(CC(=O)c2ccc(Br)s2)CCCCC1. The lowest BCUT2D eigenvalue weighted by atomic mass is 9.69. The Balaban J connectivity index is 2.11. The fourth-order valence-electron chi connectivity index (χ4n) is 2.93. The van der Waals surface area contributed by atoms with Gasteiger partial charge in [0, 0.05) is 6.42 Å². The summed E-state index contributed by atoms with van der Waals surface area (Å²) >= 11 is 4.77. The summed E-state index contributed by atoms with van der Waals surface area (Å²) in [7, 11) is 0. The molecule has 1 aromatic rings. The number of aliphatic carboxylic acids is 1. The lowest BCUT2D eigenvalue weighted by Gasteiger charge is -2.35. The van der Waals surface area contributed by atoms with Crippen molar-refractivity contribution in [1.29, 1.82) is 0 Å². The van der Waals surface area contributed by atoms with Gasteiger partial charge < -0.3 is 5.11 Å². The Morgan fingerprint density at radius 2 is 1.89 bits per heavy atom. The van der Waals surface area contributed by atoms with Gasteiger partial charge in [0.15, 0.2) is 5.78 Å². The number of carboxylic acids is 1. The Morgan fingerprint density at radius 3 is 2.42 bits per heavy atom. The van der Waals surface area contributed by atoms with E-state index in [1.54, 1.807) is 0 Å². The average molecular weight is 345 g/mol. The molecule has 0 aliphatic heterocycles. The Labute approximate surface area is 125 Å². The van der Waals surface area contributed by atoms with Gasteiger partial charge in [0.1, 0.15) is 0 Å². The number of rotatable bonds is 5. The summed E-state index contributed by atoms with van der Waals surface area (Å²) < 4.78 is 0.937. The highest BCUT2D eigenvalue weighted by Gasteiger charge is 2.36. The Kier molecular flexibility index (Phi) is 4.79. The number of carboxylic acid groups (broad SMARTS) is 1. The van der Waals surface area contributed by atoms with E-state index < -0.39 is 5.97 Å². The molecular formula is C14H17BrO3S. The Hall–Kier alpha value is -0.680. The lowest BCUT2D eigenvalue weighted by Crippen LogP contribution is -2.30. The van der Waals surface area contributed by atoms with Gasteiger partial charge in [0.25, 0.3) is 0 Å². The highest BCUT2D eigenvalue weighted by atomic mass is 79.9. The number of hydrogen-bond donors (Lipinski definition) is 1. The Bertz CT molecular complexity index is 475. The predicted molar refractivity (Wildman–Crippen MR) is 78.7 cm³/mol. The number of carbonyl (C=O) groups is 2. The van der Waals surface area contributed by atoms with Crippen molar-refractivity contribution < 1.29 is 14.7 Å². The third-order valence-corrected chi connectivity index (χ3v) is 5.49. The van der Waals surface area contributed by atoms with Crippen LogP contribution in [0.5, 0.6) is 0 Å². The smallest absolute Gasteiger partial charge is 0.303 e. The summed E-state index contributed by atoms with van der Waals surface area (Å²) in [6, 6.07) is 3.68. The van der Waals surface area contributed by atoms with Crippen molar-refractivity contribution in [3.63, 3.8) is 0 Å². The van der Waals surface area contributed by atoms with Gasteiger partial charge >= 0.3 is 5.97 Å². The number of thiophene rings is 1. The number of hydrogen-bond acceptors (Lipinski definition) is 3. The molecule has 0 atom stereocenters. The van der Waals surface area contributed by atoms with Crippen molar-refractivity contribution in [2.45, 2.75) is 44.9 Å². The number of halogens is 1. The van der Waals surface area contributed by atoms with Crippen LogP contribution in [-0.4, -0.2) is 16.9 Å². The molecular weight excluding hydrogens is 328 g/mol. The van der Waals surface area contributed by atoms with E-state index in [9.17, 15) is 9.59 Å². The quantitative estimate of drug-likeness (QED) is 0.799. The second-order valence-corrected chi connectivity index (χ2v) is 7.80. The van der Waals surface area contributed by atoms with Crippen molar-refractivity contribution in [2.75, 3.05) is 0 Å². The zero-order valence-electron chi connectivity index (χ0n) is 10.7. The molecule has 5 heteroatoms. The van der Waals surface area contributed by atoms with Gasteiger partial charge in [-0.1, -0.05) is 19.3 Å². The van der Waals surface area contributed by atoms with Crippen LogP contribution < -0.4 is 0 Å². The first kappa shape index (κ1) is 14.7.